The van der Waals surface area contributed by atoms with Crippen LogP contribution in [-0.4, -0.2) is 17.9 Å². The number of aromatic nitrogens is 1. The molecule has 140 valence electrons. The summed E-state index contributed by atoms with van der Waals surface area (Å²) in [6.07, 6.45) is 0. The molecule has 4 rings (SSSR count). The van der Waals surface area contributed by atoms with Crippen LogP contribution in [0.5, 0.6) is 0 Å². The van der Waals surface area contributed by atoms with Crippen molar-refractivity contribution >= 4 is 55.6 Å². The van der Waals surface area contributed by atoms with E-state index in [2.05, 4.69) is 10.3 Å². The fourth-order valence-electron chi connectivity index (χ4n) is 2.83. The molecule has 0 atom stereocenters. The van der Waals surface area contributed by atoms with E-state index in [1.807, 2.05) is 55.6 Å². The minimum atomic E-state index is -0.494. The van der Waals surface area contributed by atoms with Crippen LogP contribution in [0.25, 0.3) is 10.2 Å². The number of fused-ring (bicyclic) bond motifs is 1. The zero-order valence-electron chi connectivity index (χ0n) is 14.8. The molecule has 1 amide bonds. The number of carbonyl (C=O) groups is 1. The number of anilines is 3. The van der Waals surface area contributed by atoms with Crippen molar-refractivity contribution in [2.75, 3.05) is 17.3 Å². The maximum atomic E-state index is 13.5. The molecule has 0 saturated carbocycles. The topological polar surface area (TPSA) is 45.2 Å². The van der Waals surface area contributed by atoms with Gasteiger partial charge < -0.3 is 5.32 Å². The maximum absolute atomic E-state index is 13.5. The van der Waals surface area contributed by atoms with Gasteiger partial charge in [0.25, 0.3) is 5.91 Å². The molecule has 0 aliphatic heterocycles. The summed E-state index contributed by atoms with van der Waals surface area (Å²) < 4.78 is 14.4. The van der Waals surface area contributed by atoms with Gasteiger partial charge >= 0.3 is 0 Å². The predicted octanol–water partition coefficient (Wildman–Crippen LogP) is 6.11. The first-order chi connectivity index (χ1) is 13.6. The molecule has 1 heterocycles. The zero-order chi connectivity index (χ0) is 19.7. The molecule has 0 aliphatic carbocycles. The summed E-state index contributed by atoms with van der Waals surface area (Å²) in [5.74, 6) is -0.868. The quantitative estimate of drug-likeness (QED) is 0.440. The van der Waals surface area contributed by atoms with Gasteiger partial charge in [-0.15, -0.1) is 0 Å². The van der Waals surface area contributed by atoms with Gasteiger partial charge in [-0.2, -0.15) is 0 Å². The second-order valence-electron chi connectivity index (χ2n) is 6.03. The molecule has 0 fully saturated rings. The number of carbonyl (C=O) groups excluding carboxylic acids is 1. The first kappa shape index (κ1) is 18.4. The van der Waals surface area contributed by atoms with Gasteiger partial charge in [-0.3, -0.25) is 9.69 Å². The first-order valence-corrected chi connectivity index (χ1v) is 9.69. The average molecular weight is 412 g/mol. The second kappa shape index (κ2) is 7.58. The number of thiazole rings is 1. The van der Waals surface area contributed by atoms with Crippen molar-refractivity contribution in [3.63, 3.8) is 0 Å². The molecule has 4 aromatic rings. The third-order valence-electron chi connectivity index (χ3n) is 4.25. The van der Waals surface area contributed by atoms with Crippen molar-refractivity contribution in [2.45, 2.75) is 0 Å². The average Bonchev–Trinajstić information content (AvgIpc) is 3.12. The fourth-order valence-corrected chi connectivity index (χ4v) is 4.06. The monoisotopic (exact) mass is 411 g/mol. The Morgan fingerprint density at radius 2 is 1.86 bits per heavy atom. The highest BCUT2D eigenvalue weighted by Crippen LogP contribution is 2.36. The van der Waals surface area contributed by atoms with E-state index in [4.69, 9.17) is 11.6 Å². The van der Waals surface area contributed by atoms with Crippen molar-refractivity contribution in [3.8, 4) is 0 Å². The molecule has 3 aromatic carbocycles. The number of amides is 1. The Kier molecular flexibility index (Phi) is 4.98. The van der Waals surface area contributed by atoms with Gasteiger partial charge in [0.1, 0.15) is 5.82 Å². The van der Waals surface area contributed by atoms with Gasteiger partial charge in [-0.05, 0) is 54.6 Å². The van der Waals surface area contributed by atoms with Gasteiger partial charge in [0.05, 0.1) is 26.5 Å². The van der Waals surface area contributed by atoms with Crippen LogP contribution in [0.15, 0.2) is 66.7 Å². The summed E-state index contributed by atoms with van der Waals surface area (Å²) >= 11 is 7.56. The Bertz CT molecular complexity index is 1130. The van der Waals surface area contributed by atoms with Crippen LogP contribution >= 0.6 is 22.9 Å². The van der Waals surface area contributed by atoms with Crippen LogP contribution in [0, 0.1) is 5.82 Å². The van der Waals surface area contributed by atoms with Crippen LogP contribution < -0.4 is 10.2 Å². The van der Waals surface area contributed by atoms with Crippen molar-refractivity contribution in [2.24, 2.45) is 0 Å². The first-order valence-electron chi connectivity index (χ1n) is 8.50. The Hall–Kier alpha value is -2.96. The molecule has 4 nitrogen and oxygen atoms in total. The molecule has 1 N–H and O–H groups in total. The molecular weight excluding hydrogens is 397 g/mol. The van der Waals surface area contributed by atoms with Gasteiger partial charge in [-0.1, -0.05) is 35.1 Å². The summed E-state index contributed by atoms with van der Waals surface area (Å²) in [5.41, 5.74) is 2.57. The predicted molar refractivity (Wildman–Crippen MR) is 113 cm³/mol. The van der Waals surface area contributed by atoms with E-state index < -0.39 is 5.82 Å². The summed E-state index contributed by atoms with van der Waals surface area (Å²) in [6.45, 7) is 0. The number of hydrogen-bond donors (Lipinski definition) is 1. The number of benzene rings is 3. The van der Waals surface area contributed by atoms with Crippen LogP contribution in [0.2, 0.25) is 5.02 Å². The molecule has 0 radical (unpaired) electrons. The van der Waals surface area contributed by atoms with Crippen LogP contribution in [0.4, 0.5) is 20.9 Å². The summed E-state index contributed by atoms with van der Waals surface area (Å²) in [6, 6.07) is 18.8. The minimum Gasteiger partial charge on any atom is -0.388 e. The molecule has 28 heavy (non-hydrogen) atoms. The van der Waals surface area contributed by atoms with E-state index >= 15 is 0 Å². The smallest absolute Gasteiger partial charge is 0.266 e. The van der Waals surface area contributed by atoms with Crippen LogP contribution in [-0.2, 0) is 0 Å². The molecule has 7 heteroatoms. The number of rotatable bonds is 4. The van der Waals surface area contributed by atoms with Crippen molar-refractivity contribution in [1.82, 2.24) is 4.98 Å². The Labute approximate surface area is 170 Å². The lowest BCUT2D eigenvalue weighted by atomic mass is 10.1. The molecule has 0 spiro atoms. The standard InChI is InChI=1S/C21H15ClFN3OS/c1-24-14-7-9-15(10-8-14)26(20(27)16-11-6-13(23)12-17(16)22)21-25-18-4-2-3-5-19(18)28-21/h2-12,24H,1H3. The van der Waals surface area contributed by atoms with Crippen molar-refractivity contribution in [3.05, 3.63) is 83.1 Å². The van der Waals surface area contributed by atoms with Gasteiger partial charge in [0.2, 0.25) is 0 Å². The maximum Gasteiger partial charge on any atom is 0.266 e. The fraction of sp³-hybridized carbons (Fsp3) is 0.0476. The zero-order valence-corrected chi connectivity index (χ0v) is 16.4. The SMILES string of the molecule is CNc1ccc(N(C(=O)c2ccc(F)cc2Cl)c2nc3ccccc3s2)cc1. The van der Waals surface area contributed by atoms with E-state index in [1.54, 1.807) is 0 Å². The number of halogens is 2. The Morgan fingerprint density at radius 3 is 2.54 bits per heavy atom. The van der Waals surface area contributed by atoms with E-state index in [0.717, 1.165) is 22.0 Å². The molecular formula is C21H15ClFN3OS. The van der Waals surface area contributed by atoms with Crippen LogP contribution in [0.3, 0.4) is 0 Å². The highest BCUT2D eigenvalue weighted by atomic mass is 35.5. The largest absolute Gasteiger partial charge is 0.388 e. The lowest BCUT2D eigenvalue weighted by Gasteiger charge is -2.21. The lowest BCUT2D eigenvalue weighted by molar-refractivity contribution is 0.0999. The summed E-state index contributed by atoms with van der Waals surface area (Å²) in [5, 5.41) is 3.63. The van der Waals surface area contributed by atoms with Gasteiger partial charge in [0.15, 0.2) is 5.13 Å². The molecule has 0 unspecified atom stereocenters. The van der Waals surface area contributed by atoms with Crippen molar-refractivity contribution in [1.29, 1.82) is 0 Å². The molecule has 1 aromatic heterocycles. The highest BCUT2D eigenvalue weighted by molar-refractivity contribution is 7.22. The van der Waals surface area contributed by atoms with Crippen molar-refractivity contribution < 1.29 is 9.18 Å². The number of para-hydroxylation sites is 1. The second-order valence-corrected chi connectivity index (χ2v) is 7.44. The van der Waals surface area contributed by atoms with E-state index in [9.17, 15) is 9.18 Å². The van der Waals surface area contributed by atoms with Crippen LogP contribution in [0.1, 0.15) is 10.4 Å². The van der Waals surface area contributed by atoms with E-state index in [1.165, 1.54) is 28.4 Å². The highest BCUT2D eigenvalue weighted by Gasteiger charge is 2.25. The number of nitrogens with one attached hydrogen (secondary N) is 1. The molecule has 0 bridgehead atoms. The van der Waals surface area contributed by atoms with Gasteiger partial charge in [0, 0.05) is 12.7 Å². The Balaban J connectivity index is 1.85. The lowest BCUT2D eigenvalue weighted by Crippen LogP contribution is -2.26. The summed E-state index contributed by atoms with van der Waals surface area (Å²) in [4.78, 5) is 19.5. The molecule has 0 saturated heterocycles. The third kappa shape index (κ3) is 3.44. The number of nitrogens with zero attached hydrogens (tertiary/aromatic N) is 2. The Morgan fingerprint density at radius 1 is 1.11 bits per heavy atom. The normalized spacial score (nSPS) is 10.8. The van der Waals surface area contributed by atoms with E-state index in [-0.39, 0.29) is 16.5 Å². The summed E-state index contributed by atoms with van der Waals surface area (Å²) in [7, 11) is 1.82. The third-order valence-corrected chi connectivity index (χ3v) is 5.59. The minimum absolute atomic E-state index is 0.0583. The molecule has 0 aliphatic rings. The number of hydrogen-bond acceptors (Lipinski definition) is 4. The van der Waals surface area contributed by atoms with Gasteiger partial charge in [-0.25, -0.2) is 9.37 Å². The van der Waals surface area contributed by atoms with E-state index in [0.29, 0.717) is 10.8 Å².